The monoisotopic (exact) mass is 410 g/mol. The molecule has 0 unspecified atom stereocenters. The molecule has 0 amide bonds. The third-order valence-electron chi connectivity index (χ3n) is 5.39. The summed E-state index contributed by atoms with van der Waals surface area (Å²) in [7, 11) is 3.48. The number of benzene rings is 2. The zero-order valence-electron chi connectivity index (χ0n) is 18.4. The highest BCUT2D eigenvalue weighted by molar-refractivity contribution is 5.80. The van der Waals surface area contributed by atoms with Gasteiger partial charge in [-0.15, -0.1) is 0 Å². The first-order valence-electron chi connectivity index (χ1n) is 10.7. The van der Waals surface area contributed by atoms with Crippen molar-refractivity contribution in [2.75, 3.05) is 33.9 Å². The average Bonchev–Trinajstić information content (AvgIpc) is 2.79. The van der Waals surface area contributed by atoms with Crippen LogP contribution in [0.25, 0.3) is 0 Å². The lowest BCUT2D eigenvalue weighted by atomic mass is 10.0. The van der Waals surface area contributed by atoms with Gasteiger partial charge in [0.1, 0.15) is 0 Å². The number of nitrogens with one attached hydrogen (secondary N) is 2. The minimum atomic E-state index is 0.443. The van der Waals surface area contributed by atoms with Crippen LogP contribution >= 0.6 is 0 Å². The number of methoxy groups -OCH3 is 1. The number of aliphatic imine (C=N–C) groups is 1. The summed E-state index contributed by atoms with van der Waals surface area (Å²) in [4.78, 5) is 6.93. The molecule has 1 aliphatic heterocycles. The Morgan fingerprint density at radius 3 is 2.50 bits per heavy atom. The fourth-order valence-electron chi connectivity index (χ4n) is 3.75. The summed E-state index contributed by atoms with van der Waals surface area (Å²) in [5.74, 6) is 2.36. The topological polar surface area (TPSA) is 58.1 Å². The van der Waals surface area contributed by atoms with E-state index in [2.05, 4.69) is 50.9 Å². The Balaban J connectivity index is 1.46. The van der Waals surface area contributed by atoms with E-state index in [1.165, 1.54) is 5.56 Å². The first-order chi connectivity index (χ1) is 14.7. The molecule has 1 heterocycles. The molecule has 1 saturated heterocycles. The number of rotatable bonds is 8. The van der Waals surface area contributed by atoms with Crippen molar-refractivity contribution in [1.82, 2.24) is 15.5 Å². The molecule has 1 fully saturated rings. The fraction of sp³-hybridized carbons (Fsp3) is 0.458. The van der Waals surface area contributed by atoms with Crippen molar-refractivity contribution in [3.05, 3.63) is 59.7 Å². The molecule has 0 aromatic heterocycles. The van der Waals surface area contributed by atoms with Crippen molar-refractivity contribution in [3.63, 3.8) is 0 Å². The van der Waals surface area contributed by atoms with Crippen LogP contribution in [0.2, 0.25) is 0 Å². The maximum atomic E-state index is 5.67. The van der Waals surface area contributed by atoms with E-state index in [9.17, 15) is 0 Å². The van der Waals surface area contributed by atoms with E-state index in [1.807, 2.05) is 32.2 Å². The molecular weight excluding hydrogens is 376 g/mol. The minimum Gasteiger partial charge on any atom is -0.493 e. The highest BCUT2D eigenvalue weighted by Crippen LogP contribution is 2.28. The second kappa shape index (κ2) is 11.5. The lowest BCUT2D eigenvalue weighted by molar-refractivity contribution is 0.198. The van der Waals surface area contributed by atoms with Crippen LogP contribution in [0.5, 0.6) is 11.5 Å². The number of hydrogen-bond donors (Lipinski definition) is 2. The molecule has 2 N–H and O–H groups in total. The standard InChI is InChI=1S/C24H34N4O2/c1-4-30-23-16-20(10-11-22(23)29-3)17-26-24(25-2)27-21-12-14-28(15-13-21)18-19-8-6-5-7-9-19/h5-11,16,21H,4,12-15,17-18H2,1-3H3,(H2,25,26,27). The van der Waals surface area contributed by atoms with Gasteiger partial charge in [-0.05, 0) is 43.0 Å². The molecule has 30 heavy (non-hydrogen) atoms. The summed E-state index contributed by atoms with van der Waals surface area (Å²) in [5.41, 5.74) is 2.51. The molecule has 1 aliphatic rings. The molecule has 2 aromatic carbocycles. The minimum absolute atomic E-state index is 0.443. The second-order valence-electron chi connectivity index (χ2n) is 7.52. The Morgan fingerprint density at radius 1 is 1.07 bits per heavy atom. The third-order valence-corrected chi connectivity index (χ3v) is 5.39. The van der Waals surface area contributed by atoms with Gasteiger partial charge in [0.2, 0.25) is 0 Å². The highest BCUT2D eigenvalue weighted by Gasteiger charge is 2.20. The molecule has 6 nitrogen and oxygen atoms in total. The van der Waals surface area contributed by atoms with Crippen LogP contribution in [0.1, 0.15) is 30.9 Å². The van der Waals surface area contributed by atoms with Crippen LogP contribution in [0.15, 0.2) is 53.5 Å². The molecule has 2 aromatic rings. The van der Waals surface area contributed by atoms with E-state index in [0.717, 1.165) is 55.5 Å². The Morgan fingerprint density at radius 2 is 1.83 bits per heavy atom. The van der Waals surface area contributed by atoms with Crippen LogP contribution in [0.4, 0.5) is 0 Å². The zero-order chi connectivity index (χ0) is 21.2. The summed E-state index contributed by atoms with van der Waals surface area (Å²) in [6.07, 6.45) is 2.23. The molecule has 0 bridgehead atoms. The maximum absolute atomic E-state index is 5.67. The van der Waals surface area contributed by atoms with Gasteiger partial charge in [0, 0.05) is 39.3 Å². The second-order valence-corrected chi connectivity index (χ2v) is 7.52. The molecule has 0 atom stereocenters. The van der Waals surface area contributed by atoms with Crippen molar-refractivity contribution in [2.45, 2.75) is 38.9 Å². The van der Waals surface area contributed by atoms with E-state index < -0.39 is 0 Å². The van der Waals surface area contributed by atoms with Gasteiger partial charge in [-0.25, -0.2) is 0 Å². The van der Waals surface area contributed by atoms with E-state index >= 15 is 0 Å². The Bertz CT molecular complexity index is 802. The van der Waals surface area contributed by atoms with E-state index in [0.29, 0.717) is 19.2 Å². The van der Waals surface area contributed by atoms with Crippen LogP contribution in [0.3, 0.4) is 0 Å². The summed E-state index contributed by atoms with van der Waals surface area (Å²) in [6, 6.07) is 17.1. The highest BCUT2D eigenvalue weighted by atomic mass is 16.5. The molecule has 6 heteroatoms. The summed E-state index contributed by atoms with van der Waals surface area (Å²) in [6.45, 7) is 6.48. The van der Waals surface area contributed by atoms with Crippen LogP contribution in [-0.2, 0) is 13.1 Å². The summed E-state index contributed by atoms with van der Waals surface area (Å²) < 4.78 is 11.0. The number of piperidine rings is 1. The Hall–Kier alpha value is -2.73. The Labute approximate surface area is 180 Å². The van der Waals surface area contributed by atoms with E-state index in [4.69, 9.17) is 9.47 Å². The van der Waals surface area contributed by atoms with Gasteiger partial charge >= 0.3 is 0 Å². The van der Waals surface area contributed by atoms with Crippen molar-refractivity contribution < 1.29 is 9.47 Å². The third kappa shape index (κ3) is 6.39. The van der Waals surface area contributed by atoms with Crippen molar-refractivity contribution in [2.24, 2.45) is 4.99 Å². The van der Waals surface area contributed by atoms with Gasteiger partial charge in [0.15, 0.2) is 17.5 Å². The average molecular weight is 411 g/mol. The number of likely N-dealkylation sites (tertiary alicyclic amines) is 1. The number of guanidine groups is 1. The maximum Gasteiger partial charge on any atom is 0.191 e. The SMILES string of the molecule is CCOc1cc(CNC(=NC)NC2CCN(Cc3ccccc3)CC2)ccc1OC. The van der Waals surface area contributed by atoms with Crippen molar-refractivity contribution >= 4 is 5.96 Å². The molecule has 0 spiro atoms. The van der Waals surface area contributed by atoms with Gasteiger partial charge in [-0.2, -0.15) is 0 Å². The number of hydrogen-bond acceptors (Lipinski definition) is 4. The van der Waals surface area contributed by atoms with Crippen LogP contribution in [-0.4, -0.2) is 50.8 Å². The first kappa shape index (κ1) is 22.0. The quantitative estimate of drug-likeness (QED) is 0.516. The largest absolute Gasteiger partial charge is 0.493 e. The van der Waals surface area contributed by atoms with Gasteiger partial charge in [-0.1, -0.05) is 36.4 Å². The molecule has 0 radical (unpaired) electrons. The van der Waals surface area contributed by atoms with Crippen LogP contribution in [0, 0.1) is 0 Å². The van der Waals surface area contributed by atoms with Gasteiger partial charge in [-0.3, -0.25) is 9.89 Å². The van der Waals surface area contributed by atoms with Crippen molar-refractivity contribution in [1.29, 1.82) is 0 Å². The fourth-order valence-corrected chi connectivity index (χ4v) is 3.75. The molecule has 0 aliphatic carbocycles. The first-order valence-corrected chi connectivity index (χ1v) is 10.7. The zero-order valence-corrected chi connectivity index (χ0v) is 18.4. The summed E-state index contributed by atoms with van der Waals surface area (Å²) in [5, 5.41) is 7.00. The predicted molar refractivity (Wildman–Crippen MR) is 122 cm³/mol. The van der Waals surface area contributed by atoms with Crippen molar-refractivity contribution in [3.8, 4) is 11.5 Å². The molecule has 0 saturated carbocycles. The molecular formula is C24H34N4O2. The number of nitrogens with zero attached hydrogens (tertiary/aromatic N) is 2. The van der Waals surface area contributed by atoms with Gasteiger partial charge in [0.05, 0.1) is 13.7 Å². The lowest BCUT2D eigenvalue weighted by Gasteiger charge is -2.33. The molecule has 3 rings (SSSR count). The normalized spacial score (nSPS) is 15.6. The smallest absolute Gasteiger partial charge is 0.191 e. The Kier molecular flexibility index (Phi) is 8.39. The lowest BCUT2D eigenvalue weighted by Crippen LogP contribution is -2.48. The van der Waals surface area contributed by atoms with Crippen LogP contribution < -0.4 is 20.1 Å². The predicted octanol–water partition coefficient (Wildman–Crippen LogP) is 3.42. The van der Waals surface area contributed by atoms with Gasteiger partial charge in [0.25, 0.3) is 0 Å². The number of ether oxygens (including phenoxy) is 2. The van der Waals surface area contributed by atoms with Gasteiger partial charge < -0.3 is 20.1 Å². The summed E-state index contributed by atoms with van der Waals surface area (Å²) >= 11 is 0. The molecule has 162 valence electrons. The van der Waals surface area contributed by atoms with E-state index in [1.54, 1.807) is 7.11 Å². The van der Waals surface area contributed by atoms with E-state index in [-0.39, 0.29) is 0 Å².